The number of carbonyl (C=O) groups is 4. The third kappa shape index (κ3) is 8.81. The molecular weight excluding hydrogens is 536 g/mol. The molecule has 0 radical (unpaired) electrons. The average molecular weight is 579 g/mol. The number of aldehydes is 1. The molecule has 2 N–H and O–H groups in total. The summed E-state index contributed by atoms with van der Waals surface area (Å²) in [4.78, 5) is 57.9. The molecule has 0 bridgehead atoms. The maximum Gasteiger partial charge on any atom is 0.408 e. The van der Waals surface area contributed by atoms with Gasteiger partial charge in [-0.15, -0.1) is 0 Å². The van der Waals surface area contributed by atoms with Crippen LogP contribution in [0, 0.1) is 11.3 Å². The van der Waals surface area contributed by atoms with Crippen LogP contribution in [-0.2, 0) is 19.1 Å². The van der Waals surface area contributed by atoms with Gasteiger partial charge in [-0.2, -0.15) is 0 Å². The summed E-state index contributed by atoms with van der Waals surface area (Å²) in [7, 11) is 0. The predicted octanol–water partition coefficient (Wildman–Crippen LogP) is 4.29. The van der Waals surface area contributed by atoms with Gasteiger partial charge in [-0.3, -0.25) is 9.59 Å². The SMILES string of the molecule is CC(C)(C)OC(=O)N[C@H](C(=O)N[C@H](C(=O)N1C[C@H](Oc2ccc(Cl)cn2)C[C@H]1C=O)C(C)(C)C)C1CCCCC1. The maximum absolute atomic E-state index is 13.9. The van der Waals surface area contributed by atoms with E-state index >= 15 is 0 Å². The number of alkyl carbamates (subject to hydrolysis) is 1. The van der Waals surface area contributed by atoms with Crippen molar-refractivity contribution >= 4 is 35.8 Å². The summed E-state index contributed by atoms with van der Waals surface area (Å²) >= 11 is 5.90. The lowest BCUT2D eigenvalue weighted by atomic mass is 9.82. The van der Waals surface area contributed by atoms with Gasteiger partial charge in [0, 0.05) is 18.7 Å². The molecule has 1 saturated carbocycles. The van der Waals surface area contributed by atoms with Crippen molar-refractivity contribution in [2.24, 2.45) is 11.3 Å². The van der Waals surface area contributed by atoms with Crippen LogP contribution in [0.25, 0.3) is 0 Å². The van der Waals surface area contributed by atoms with E-state index in [1.54, 1.807) is 32.9 Å². The van der Waals surface area contributed by atoms with Gasteiger partial charge in [0.15, 0.2) is 0 Å². The molecule has 2 heterocycles. The van der Waals surface area contributed by atoms with Crippen LogP contribution in [0.5, 0.6) is 5.88 Å². The molecule has 1 aromatic rings. The molecule has 3 rings (SSSR count). The second-order valence-electron chi connectivity index (χ2n) is 12.8. The van der Waals surface area contributed by atoms with Gasteiger partial charge < -0.3 is 29.8 Å². The van der Waals surface area contributed by atoms with Gasteiger partial charge >= 0.3 is 6.09 Å². The van der Waals surface area contributed by atoms with E-state index in [4.69, 9.17) is 21.1 Å². The lowest BCUT2D eigenvalue weighted by Gasteiger charge is -2.37. The van der Waals surface area contributed by atoms with Crippen molar-refractivity contribution in [1.29, 1.82) is 0 Å². The van der Waals surface area contributed by atoms with Gasteiger partial charge in [0.1, 0.15) is 30.1 Å². The molecule has 2 aliphatic rings. The molecule has 1 aromatic heterocycles. The number of hydrogen-bond donors (Lipinski definition) is 2. The summed E-state index contributed by atoms with van der Waals surface area (Å²) in [5.74, 6) is -0.549. The number of hydrogen-bond acceptors (Lipinski definition) is 7. The number of pyridine rings is 1. The summed E-state index contributed by atoms with van der Waals surface area (Å²) < 4.78 is 11.4. The highest BCUT2D eigenvalue weighted by atomic mass is 35.5. The number of carbonyl (C=O) groups excluding carboxylic acids is 4. The van der Waals surface area contributed by atoms with Crippen molar-refractivity contribution in [3.63, 3.8) is 0 Å². The highest BCUT2D eigenvalue weighted by Gasteiger charge is 2.44. The van der Waals surface area contributed by atoms with Crippen LogP contribution in [0.4, 0.5) is 4.79 Å². The van der Waals surface area contributed by atoms with Crippen LogP contribution in [0.2, 0.25) is 5.02 Å². The van der Waals surface area contributed by atoms with E-state index < -0.39 is 47.2 Å². The summed E-state index contributed by atoms with van der Waals surface area (Å²) in [6.07, 6.45) is 5.96. The van der Waals surface area contributed by atoms with Gasteiger partial charge in [0.2, 0.25) is 17.7 Å². The van der Waals surface area contributed by atoms with Crippen molar-refractivity contribution in [3.05, 3.63) is 23.4 Å². The van der Waals surface area contributed by atoms with Crippen LogP contribution < -0.4 is 15.4 Å². The quantitative estimate of drug-likeness (QED) is 0.441. The summed E-state index contributed by atoms with van der Waals surface area (Å²) in [6.45, 7) is 11.0. The molecule has 2 fully saturated rings. The van der Waals surface area contributed by atoms with Crippen molar-refractivity contribution < 1.29 is 28.7 Å². The highest BCUT2D eigenvalue weighted by molar-refractivity contribution is 6.30. The number of ether oxygens (including phenoxy) is 2. The molecule has 0 unspecified atom stereocenters. The Bertz CT molecular complexity index is 1050. The number of aromatic nitrogens is 1. The average Bonchev–Trinajstić information content (AvgIpc) is 3.28. The van der Waals surface area contributed by atoms with E-state index in [1.807, 2.05) is 20.8 Å². The Morgan fingerprint density at radius 3 is 2.30 bits per heavy atom. The summed E-state index contributed by atoms with van der Waals surface area (Å²) in [5, 5.41) is 6.18. The standard InChI is InChI=1S/C29H43ClN4O6/c1-28(2,3)24(26(37)34-16-21(14-20(34)17-35)39-22-13-12-19(30)15-31-22)33-25(36)23(18-10-8-7-9-11-18)32-27(38)40-29(4,5)6/h12-13,15,17-18,20-21,23-24H,7-11,14,16H2,1-6H3,(H,32,38)(H,33,36)/t20-,21+,23-,24+/m0/s1. The molecule has 1 aliphatic heterocycles. The molecule has 1 aliphatic carbocycles. The molecule has 222 valence electrons. The highest BCUT2D eigenvalue weighted by Crippen LogP contribution is 2.30. The number of nitrogens with one attached hydrogen (secondary N) is 2. The van der Waals surface area contributed by atoms with Gasteiger partial charge in [-0.1, -0.05) is 51.6 Å². The summed E-state index contributed by atoms with van der Waals surface area (Å²) in [5.41, 5.74) is -1.40. The zero-order valence-electron chi connectivity index (χ0n) is 24.4. The maximum atomic E-state index is 13.9. The molecule has 0 spiro atoms. The number of nitrogens with zero attached hydrogens (tertiary/aromatic N) is 2. The minimum absolute atomic E-state index is 0.0730. The van der Waals surface area contributed by atoms with Gasteiger partial charge in [-0.25, -0.2) is 9.78 Å². The van der Waals surface area contributed by atoms with Gasteiger partial charge in [-0.05, 0) is 51.0 Å². The molecule has 10 nitrogen and oxygen atoms in total. The lowest BCUT2D eigenvalue weighted by Crippen LogP contribution is -2.61. The first-order chi connectivity index (χ1) is 18.7. The fourth-order valence-corrected chi connectivity index (χ4v) is 5.35. The molecule has 1 saturated heterocycles. The van der Waals surface area contributed by atoms with Crippen LogP contribution in [-0.4, -0.2) is 70.5 Å². The van der Waals surface area contributed by atoms with Gasteiger partial charge in [0.05, 0.1) is 17.6 Å². The van der Waals surface area contributed by atoms with Crippen molar-refractivity contribution in [1.82, 2.24) is 20.5 Å². The van der Waals surface area contributed by atoms with E-state index in [9.17, 15) is 19.2 Å². The molecule has 11 heteroatoms. The monoisotopic (exact) mass is 578 g/mol. The minimum Gasteiger partial charge on any atom is -0.472 e. The van der Waals surface area contributed by atoms with Crippen LogP contribution in [0.3, 0.4) is 0 Å². The molecule has 0 aromatic carbocycles. The van der Waals surface area contributed by atoms with Crippen LogP contribution in [0.1, 0.15) is 80.1 Å². The molecule has 40 heavy (non-hydrogen) atoms. The predicted molar refractivity (Wildman–Crippen MR) is 151 cm³/mol. The summed E-state index contributed by atoms with van der Waals surface area (Å²) in [6, 6.07) is 0.782. The fraction of sp³-hybridized carbons (Fsp3) is 0.690. The van der Waals surface area contributed by atoms with E-state index in [1.165, 1.54) is 11.1 Å². The van der Waals surface area contributed by atoms with Crippen molar-refractivity contribution in [2.75, 3.05) is 6.54 Å². The Labute approximate surface area is 241 Å². The molecule has 3 amide bonds. The Morgan fingerprint density at radius 2 is 1.75 bits per heavy atom. The first-order valence-electron chi connectivity index (χ1n) is 14.0. The fourth-order valence-electron chi connectivity index (χ4n) is 5.24. The third-order valence-corrected chi connectivity index (χ3v) is 7.43. The smallest absolute Gasteiger partial charge is 0.408 e. The topological polar surface area (TPSA) is 127 Å². The number of amides is 3. The van der Waals surface area contributed by atoms with E-state index in [2.05, 4.69) is 15.6 Å². The van der Waals surface area contributed by atoms with Crippen LogP contribution >= 0.6 is 11.6 Å². The first-order valence-corrected chi connectivity index (χ1v) is 14.4. The lowest BCUT2D eigenvalue weighted by molar-refractivity contribution is -0.142. The number of likely N-dealkylation sites (tertiary alicyclic amines) is 1. The molecule has 4 atom stereocenters. The van der Waals surface area contributed by atoms with Gasteiger partial charge in [0.25, 0.3) is 0 Å². The Morgan fingerprint density at radius 1 is 1.07 bits per heavy atom. The Balaban J connectivity index is 1.77. The van der Waals surface area contributed by atoms with Crippen molar-refractivity contribution in [3.8, 4) is 5.88 Å². The van der Waals surface area contributed by atoms with E-state index in [0.29, 0.717) is 17.3 Å². The normalized spacial score (nSPS) is 21.7. The largest absolute Gasteiger partial charge is 0.472 e. The zero-order chi connectivity index (χ0) is 29.7. The van der Waals surface area contributed by atoms with Crippen LogP contribution in [0.15, 0.2) is 18.3 Å². The third-order valence-electron chi connectivity index (χ3n) is 7.21. The zero-order valence-corrected chi connectivity index (χ0v) is 25.1. The Hall–Kier alpha value is -2.88. The Kier molecular flexibility index (Phi) is 10.4. The van der Waals surface area contributed by atoms with E-state index in [0.717, 1.165) is 38.4 Å². The number of halogens is 1. The molecular formula is C29H43ClN4O6. The minimum atomic E-state index is -0.943. The van der Waals surface area contributed by atoms with E-state index in [-0.39, 0.29) is 18.4 Å². The second-order valence-corrected chi connectivity index (χ2v) is 13.3. The van der Waals surface area contributed by atoms with Crippen molar-refractivity contribution in [2.45, 2.75) is 110 Å². The first kappa shape index (κ1) is 31.6. The second kappa shape index (κ2) is 13.2. The number of rotatable bonds is 8.